The molecular weight excluding hydrogens is 370 g/mol. The van der Waals surface area contributed by atoms with Gasteiger partial charge in [-0.05, 0) is 31.0 Å². The zero-order valence-corrected chi connectivity index (χ0v) is 16.1. The van der Waals surface area contributed by atoms with Crippen molar-refractivity contribution in [2.24, 2.45) is 5.41 Å². The molecule has 0 radical (unpaired) electrons. The topological polar surface area (TPSA) is 79.0 Å². The minimum atomic E-state index is -0.715. The Bertz CT molecular complexity index is 716. The molecule has 1 aromatic carbocycles. The van der Waals surface area contributed by atoms with Gasteiger partial charge in [-0.15, -0.1) is 0 Å². The van der Waals surface area contributed by atoms with Gasteiger partial charge in [0.2, 0.25) is 17.7 Å². The predicted molar refractivity (Wildman–Crippen MR) is 100 cm³/mol. The predicted octanol–water partition coefficient (Wildman–Crippen LogP) is 0.706. The van der Waals surface area contributed by atoms with Crippen molar-refractivity contribution < 1.29 is 19.1 Å². The number of piperazine rings is 1. The summed E-state index contributed by atoms with van der Waals surface area (Å²) in [5.41, 5.74) is 0.263. The van der Waals surface area contributed by atoms with E-state index in [2.05, 4.69) is 5.32 Å². The number of benzene rings is 1. The van der Waals surface area contributed by atoms with Crippen LogP contribution in [-0.2, 0) is 25.5 Å². The highest BCUT2D eigenvalue weighted by Gasteiger charge is 2.52. The standard InChI is InChI=1S/C19H24ClN3O4/c1-2-27-11-17(25)23-12-19(13-23,9-14-3-5-15(20)6-4-14)18(26)22-8-7-21-16(24)10-22/h3-6H,2,7-13H2,1H3,(H,21,24). The van der Waals surface area contributed by atoms with Gasteiger partial charge in [-0.3, -0.25) is 14.4 Å². The van der Waals surface area contributed by atoms with Gasteiger partial charge in [-0.2, -0.15) is 0 Å². The maximum atomic E-state index is 13.3. The second-order valence-electron chi connectivity index (χ2n) is 7.05. The van der Waals surface area contributed by atoms with Crippen LogP contribution in [0.4, 0.5) is 0 Å². The Balaban J connectivity index is 1.75. The highest BCUT2D eigenvalue weighted by atomic mass is 35.5. The first-order chi connectivity index (χ1) is 12.9. The third kappa shape index (κ3) is 4.42. The van der Waals surface area contributed by atoms with E-state index in [9.17, 15) is 14.4 Å². The number of ether oxygens (including phenoxy) is 1. The van der Waals surface area contributed by atoms with Crippen molar-refractivity contribution in [3.8, 4) is 0 Å². The molecule has 146 valence electrons. The summed E-state index contributed by atoms with van der Waals surface area (Å²) in [7, 11) is 0. The zero-order chi connectivity index (χ0) is 19.4. The average Bonchev–Trinajstić information content (AvgIpc) is 2.63. The van der Waals surface area contributed by atoms with E-state index < -0.39 is 5.41 Å². The third-order valence-corrected chi connectivity index (χ3v) is 5.26. The Morgan fingerprint density at radius 1 is 1.22 bits per heavy atom. The Kier molecular flexibility index (Phi) is 6.01. The number of rotatable bonds is 6. The molecule has 0 unspecified atom stereocenters. The van der Waals surface area contributed by atoms with E-state index in [0.717, 1.165) is 5.56 Å². The lowest BCUT2D eigenvalue weighted by Crippen LogP contribution is -2.68. The zero-order valence-electron chi connectivity index (χ0n) is 15.4. The molecule has 7 nitrogen and oxygen atoms in total. The van der Waals surface area contributed by atoms with Crippen molar-refractivity contribution >= 4 is 29.3 Å². The van der Waals surface area contributed by atoms with E-state index in [-0.39, 0.29) is 30.9 Å². The molecule has 2 saturated heterocycles. The van der Waals surface area contributed by atoms with Crippen molar-refractivity contribution in [1.82, 2.24) is 15.1 Å². The van der Waals surface area contributed by atoms with Gasteiger partial charge in [-0.1, -0.05) is 23.7 Å². The van der Waals surface area contributed by atoms with Crippen LogP contribution < -0.4 is 5.32 Å². The SMILES string of the molecule is CCOCC(=O)N1CC(Cc2ccc(Cl)cc2)(C(=O)N2CCNC(=O)C2)C1. The molecule has 0 atom stereocenters. The van der Waals surface area contributed by atoms with Crippen LogP contribution in [0.1, 0.15) is 12.5 Å². The molecule has 27 heavy (non-hydrogen) atoms. The number of hydrogen-bond donors (Lipinski definition) is 1. The van der Waals surface area contributed by atoms with Gasteiger partial charge in [0.15, 0.2) is 0 Å². The number of amides is 3. The van der Waals surface area contributed by atoms with Crippen LogP contribution in [0.5, 0.6) is 0 Å². The quantitative estimate of drug-likeness (QED) is 0.772. The molecular formula is C19H24ClN3O4. The summed E-state index contributed by atoms with van der Waals surface area (Å²) in [6.07, 6.45) is 0.500. The van der Waals surface area contributed by atoms with Gasteiger partial charge >= 0.3 is 0 Å². The van der Waals surface area contributed by atoms with Crippen molar-refractivity contribution in [3.05, 3.63) is 34.9 Å². The number of hydrogen-bond acceptors (Lipinski definition) is 4. The second-order valence-corrected chi connectivity index (χ2v) is 7.48. The Labute approximate surface area is 163 Å². The van der Waals surface area contributed by atoms with Gasteiger partial charge in [0.1, 0.15) is 6.61 Å². The summed E-state index contributed by atoms with van der Waals surface area (Å²) in [5, 5.41) is 3.37. The van der Waals surface area contributed by atoms with Gasteiger partial charge < -0.3 is 19.9 Å². The normalized spacial score (nSPS) is 18.7. The number of nitrogens with one attached hydrogen (secondary N) is 1. The van der Waals surface area contributed by atoms with Crippen LogP contribution in [-0.4, -0.2) is 73.5 Å². The molecule has 0 bridgehead atoms. The number of nitrogens with zero attached hydrogens (tertiary/aromatic N) is 2. The first-order valence-electron chi connectivity index (χ1n) is 9.09. The average molecular weight is 394 g/mol. The van der Waals surface area contributed by atoms with Gasteiger partial charge in [0.25, 0.3) is 0 Å². The minimum Gasteiger partial charge on any atom is -0.372 e. The van der Waals surface area contributed by atoms with E-state index in [1.54, 1.807) is 21.9 Å². The lowest BCUT2D eigenvalue weighted by atomic mass is 9.73. The summed E-state index contributed by atoms with van der Waals surface area (Å²) >= 11 is 5.96. The fourth-order valence-corrected chi connectivity index (χ4v) is 3.73. The maximum Gasteiger partial charge on any atom is 0.248 e. The lowest BCUT2D eigenvalue weighted by Gasteiger charge is -2.51. The minimum absolute atomic E-state index is 0.0217. The second kappa shape index (κ2) is 8.27. The molecule has 0 spiro atoms. The Hall–Kier alpha value is -2.12. The summed E-state index contributed by atoms with van der Waals surface area (Å²) in [6, 6.07) is 7.37. The molecule has 0 aliphatic carbocycles. The van der Waals surface area contributed by atoms with Gasteiger partial charge in [0.05, 0.1) is 12.0 Å². The Morgan fingerprint density at radius 2 is 1.93 bits per heavy atom. The molecule has 3 rings (SSSR count). The molecule has 2 aliphatic rings. The smallest absolute Gasteiger partial charge is 0.248 e. The van der Waals surface area contributed by atoms with Crippen LogP contribution in [0, 0.1) is 5.41 Å². The first-order valence-corrected chi connectivity index (χ1v) is 9.47. The van der Waals surface area contributed by atoms with Crippen LogP contribution in [0.15, 0.2) is 24.3 Å². The molecule has 8 heteroatoms. The maximum absolute atomic E-state index is 13.3. The van der Waals surface area contributed by atoms with Crippen LogP contribution >= 0.6 is 11.6 Å². The fraction of sp³-hybridized carbons (Fsp3) is 0.526. The number of carbonyl (C=O) groups is 3. The van der Waals surface area contributed by atoms with E-state index >= 15 is 0 Å². The van der Waals surface area contributed by atoms with Crippen LogP contribution in [0.3, 0.4) is 0 Å². The van der Waals surface area contributed by atoms with Crippen molar-refractivity contribution in [2.75, 3.05) is 45.9 Å². The molecule has 0 aromatic heterocycles. The van der Waals surface area contributed by atoms with E-state index in [4.69, 9.17) is 16.3 Å². The lowest BCUT2D eigenvalue weighted by molar-refractivity contribution is -0.164. The van der Waals surface area contributed by atoms with Crippen LogP contribution in [0.2, 0.25) is 5.02 Å². The molecule has 2 heterocycles. The van der Waals surface area contributed by atoms with Crippen molar-refractivity contribution in [3.63, 3.8) is 0 Å². The summed E-state index contributed by atoms with van der Waals surface area (Å²) < 4.78 is 5.19. The third-order valence-electron chi connectivity index (χ3n) is 5.00. The number of likely N-dealkylation sites (tertiary alicyclic amines) is 1. The largest absolute Gasteiger partial charge is 0.372 e. The monoisotopic (exact) mass is 393 g/mol. The molecule has 1 aromatic rings. The molecule has 3 amide bonds. The van der Waals surface area contributed by atoms with Crippen molar-refractivity contribution in [1.29, 1.82) is 0 Å². The highest BCUT2D eigenvalue weighted by Crippen LogP contribution is 2.37. The van der Waals surface area contributed by atoms with E-state index in [1.807, 2.05) is 19.1 Å². The number of carbonyl (C=O) groups excluding carboxylic acids is 3. The van der Waals surface area contributed by atoms with Gasteiger partial charge in [-0.25, -0.2) is 0 Å². The first kappa shape index (κ1) is 19.6. The molecule has 1 N–H and O–H groups in total. The molecule has 0 saturated carbocycles. The fourth-order valence-electron chi connectivity index (χ4n) is 3.60. The summed E-state index contributed by atoms with van der Waals surface area (Å²) in [6.45, 7) is 3.99. The van der Waals surface area contributed by atoms with Crippen molar-refractivity contribution in [2.45, 2.75) is 13.3 Å². The highest BCUT2D eigenvalue weighted by molar-refractivity contribution is 6.30. The van der Waals surface area contributed by atoms with E-state index in [0.29, 0.717) is 44.2 Å². The summed E-state index contributed by atoms with van der Waals surface area (Å²) in [4.78, 5) is 40.4. The van der Waals surface area contributed by atoms with Crippen LogP contribution in [0.25, 0.3) is 0 Å². The summed E-state index contributed by atoms with van der Waals surface area (Å²) in [5.74, 6) is -0.347. The van der Waals surface area contributed by atoms with Gasteiger partial charge in [0, 0.05) is 37.8 Å². The number of halogens is 1. The van der Waals surface area contributed by atoms with E-state index in [1.165, 1.54) is 0 Å². The molecule has 2 fully saturated rings. The Morgan fingerprint density at radius 3 is 2.56 bits per heavy atom. The molecule has 2 aliphatic heterocycles.